The summed E-state index contributed by atoms with van der Waals surface area (Å²) in [5.74, 6) is 6.37. The lowest BCUT2D eigenvalue weighted by Crippen LogP contribution is -2.17. The first-order valence-corrected chi connectivity index (χ1v) is 12.1. The highest BCUT2D eigenvalue weighted by molar-refractivity contribution is 7.07. The molecular formula is C26H22ClN3O5S. The van der Waals surface area contributed by atoms with Gasteiger partial charge in [-0.3, -0.25) is 10.1 Å². The maximum absolute atomic E-state index is 12.5. The third-order valence-electron chi connectivity index (χ3n) is 5.14. The molecular weight excluding hydrogens is 502 g/mol. The number of nitrogens with one attached hydrogen (secondary N) is 2. The van der Waals surface area contributed by atoms with E-state index in [0.717, 1.165) is 29.7 Å². The molecule has 3 aromatic rings. The Kier molecular flexibility index (Phi) is 9.37. The van der Waals surface area contributed by atoms with E-state index in [1.54, 1.807) is 19.9 Å². The van der Waals surface area contributed by atoms with Crippen molar-refractivity contribution >= 4 is 52.7 Å². The van der Waals surface area contributed by atoms with Gasteiger partial charge in [-0.05, 0) is 74.5 Å². The average molecular weight is 524 g/mol. The molecule has 1 aliphatic carbocycles. The predicted molar refractivity (Wildman–Crippen MR) is 136 cm³/mol. The third-order valence-corrected chi connectivity index (χ3v) is 6.34. The van der Waals surface area contributed by atoms with Crippen LogP contribution < -0.4 is 10.6 Å². The molecule has 0 radical (unpaired) electrons. The van der Waals surface area contributed by atoms with Crippen LogP contribution in [0.2, 0.25) is 5.02 Å². The van der Waals surface area contributed by atoms with Gasteiger partial charge in [-0.25, -0.2) is 4.79 Å². The summed E-state index contributed by atoms with van der Waals surface area (Å²) in [6, 6.07) is 14.6. The molecule has 2 aromatic carbocycles. The molecule has 10 heteroatoms. The minimum absolute atomic E-state index is 0.0698. The Morgan fingerprint density at radius 1 is 1.08 bits per heavy atom. The lowest BCUT2D eigenvalue weighted by atomic mass is 10.1. The number of hydrogen-bond acceptors (Lipinski definition) is 7. The van der Waals surface area contributed by atoms with Gasteiger partial charge in [0.15, 0.2) is 0 Å². The first kappa shape index (κ1) is 26.6. The van der Waals surface area contributed by atoms with Crippen LogP contribution in [0.5, 0.6) is 0 Å². The number of aryl methyl sites for hydroxylation is 1. The zero-order valence-corrected chi connectivity index (χ0v) is 21.0. The molecule has 2 N–H and O–H groups in total. The molecule has 0 bridgehead atoms. The maximum Gasteiger partial charge on any atom is 0.412 e. The number of ether oxygens (including phenoxy) is 1. The number of aromatic nitrogens is 1. The summed E-state index contributed by atoms with van der Waals surface area (Å²) in [5, 5.41) is 6.20. The average Bonchev–Trinajstić information content (AvgIpc) is 3.65. The summed E-state index contributed by atoms with van der Waals surface area (Å²) in [6.45, 7) is 3.56. The molecule has 0 saturated heterocycles. The summed E-state index contributed by atoms with van der Waals surface area (Å²) >= 11 is 7.39. The van der Waals surface area contributed by atoms with Gasteiger partial charge in [0, 0.05) is 27.8 Å². The number of carbonyl (C=O) groups is 2. The number of rotatable bonds is 5. The van der Waals surface area contributed by atoms with E-state index in [1.165, 1.54) is 11.5 Å². The number of anilines is 2. The van der Waals surface area contributed by atoms with Crippen molar-refractivity contribution in [3.05, 3.63) is 75.3 Å². The molecule has 4 rings (SSSR count). The molecule has 8 nitrogen and oxygen atoms in total. The Morgan fingerprint density at radius 2 is 1.75 bits per heavy atom. The third kappa shape index (κ3) is 7.52. The fraction of sp³-hybridized carbons (Fsp3) is 0.231. The van der Waals surface area contributed by atoms with Crippen molar-refractivity contribution in [1.82, 2.24) is 4.37 Å². The minimum atomic E-state index is -0.607. The Hall–Kier alpha value is -3.96. The number of carbonyl (C=O) groups excluding carboxylic acids is 4. The van der Waals surface area contributed by atoms with Gasteiger partial charge in [0.1, 0.15) is 11.0 Å². The number of amides is 2. The monoisotopic (exact) mass is 523 g/mol. The van der Waals surface area contributed by atoms with Gasteiger partial charge in [0.25, 0.3) is 0 Å². The van der Waals surface area contributed by atoms with Crippen molar-refractivity contribution in [3.63, 3.8) is 0 Å². The molecule has 1 aromatic heterocycles. The quantitative estimate of drug-likeness (QED) is 0.422. The second kappa shape index (κ2) is 12.7. The van der Waals surface area contributed by atoms with Crippen LogP contribution in [0, 0.1) is 24.7 Å². The van der Waals surface area contributed by atoms with E-state index >= 15 is 0 Å². The summed E-state index contributed by atoms with van der Waals surface area (Å²) in [5.41, 5.74) is 3.45. The topological polar surface area (TPSA) is 114 Å². The molecule has 1 heterocycles. The van der Waals surface area contributed by atoms with Gasteiger partial charge >= 0.3 is 12.2 Å². The molecule has 1 atom stereocenters. The zero-order chi connectivity index (χ0) is 26.1. The van der Waals surface area contributed by atoms with E-state index in [9.17, 15) is 9.59 Å². The Morgan fingerprint density at radius 3 is 2.39 bits per heavy atom. The van der Waals surface area contributed by atoms with Gasteiger partial charge in [-0.1, -0.05) is 35.7 Å². The number of halogens is 1. The smallest absolute Gasteiger partial charge is 0.412 e. The normalized spacial score (nSPS) is 12.5. The Labute approximate surface area is 217 Å². The predicted octanol–water partition coefficient (Wildman–Crippen LogP) is 5.58. The van der Waals surface area contributed by atoms with Crippen LogP contribution in [0.15, 0.2) is 48.5 Å². The van der Waals surface area contributed by atoms with Crippen LogP contribution in [0.4, 0.5) is 16.2 Å². The highest BCUT2D eigenvalue weighted by atomic mass is 35.5. The molecule has 1 saturated carbocycles. The molecule has 0 aliphatic heterocycles. The van der Waals surface area contributed by atoms with Crippen molar-refractivity contribution in [3.8, 4) is 11.8 Å². The molecule has 184 valence electrons. The van der Waals surface area contributed by atoms with Gasteiger partial charge in [0.05, 0.1) is 11.4 Å². The Balaban J connectivity index is 0.00000115. The lowest BCUT2D eigenvalue weighted by molar-refractivity contribution is -0.191. The van der Waals surface area contributed by atoms with Crippen LogP contribution in [-0.2, 0) is 19.1 Å². The van der Waals surface area contributed by atoms with E-state index in [4.69, 9.17) is 25.9 Å². The lowest BCUT2D eigenvalue weighted by Gasteiger charge is -2.15. The molecule has 36 heavy (non-hydrogen) atoms. The fourth-order valence-electron chi connectivity index (χ4n) is 3.12. The molecule has 1 fully saturated rings. The SMILES string of the molecule is Cc1nsc(C#Cc2ccc(NC(=O)C3CC3)cc2)c1NC(=O)OC(C)c1ccccc1Cl.O=C=O. The first-order chi connectivity index (χ1) is 17.3. The molecule has 2 amide bonds. The summed E-state index contributed by atoms with van der Waals surface area (Å²) in [4.78, 5) is 41.2. The zero-order valence-electron chi connectivity index (χ0n) is 19.5. The molecule has 0 spiro atoms. The largest absolute Gasteiger partial charge is 0.441 e. The van der Waals surface area contributed by atoms with Gasteiger partial charge < -0.3 is 10.1 Å². The van der Waals surface area contributed by atoms with Crippen molar-refractivity contribution in [1.29, 1.82) is 0 Å². The van der Waals surface area contributed by atoms with Gasteiger partial charge in [0.2, 0.25) is 5.91 Å². The van der Waals surface area contributed by atoms with Crippen molar-refractivity contribution in [2.24, 2.45) is 5.92 Å². The van der Waals surface area contributed by atoms with Crippen LogP contribution in [-0.4, -0.2) is 22.5 Å². The number of hydrogen-bond donors (Lipinski definition) is 2. The number of benzene rings is 2. The summed E-state index contributed by atoms with van der Waals surface area (Å²) in [7, 11) is 0. The van der Waals surface area contributed by atoms with Crippen LogP contribution in [0.1, 0.15) is 47.6 Å². The van der Waals surface area contributed by atoms with E-state index in [2.05, 4.69) is 26.8 Å². The second-order valence-corrected chi connectivity index (χ2v) is 9.02. The van der Waals surface area contributed by atoms with Crippen molar-refractivity contribution in [2.45, 2.75) is 32.8 Å². The van der Waals surface area contributed by atoms with E-state index < -0.39 is 12.2 Å². The maximum atomic E-state index is 12.5. The van der Waals surface area contributed by atoms with Crippen LogP contribution in [0.25, 0.3) is 0 Å². The molecule has 1 aliphatic rings. The minimum Gasteiger partial charge on any atom is -0.441 e. The van der Waals surface area contributed by atoms with Gasteiger partial charge in [-0.2, -0.15) is 14.0 Å². The van der Waals surface area contributed by atoms with Gasteiger partial charge in [-0.15, -0.1) is 0 Å². The highest BCUT2D eigenvalue weighted by Gasteiger charge is 2.29. The highest BCUT2D eigenvalue weighted by Crippen LogP contribution is 2.30. The second-order valence-electron chi connectivity index (χ2n) is 7.84. The fourth-order valence-corrected chi connectivity index (χ4v) is 4.11. The van der Waals surface area contributed by atoms with Crippen molar-refractivity contribution in [2.75, 3.05) is 10.6 Å². The first-order valence-electron chi connectivity index (χ1n) is 10.9. The van der Waals surface area contributed by atoms with Crippen LogP contribution >= 0.6 is 23.1 Å². The van der Waals surface area contributed by atoms with Crippen molar-refractivity contribution < 1.29 is 23.9 Å². The number of nitrogens with zero attached hydrogens (tertiary/aromatic N) is 1. The van der Waals surface area contributed by atoms with E-state index in [0.29, 0.717) is 21.3 Å². The van der Waals surface area contributed by atoms with E-state index in [-0.39, 0.29) is 18.0 Å². The van der Waals surface area contributed by atoms with E-state index in [1.807, 2.05) is 42.5 Å². The standard InChI is InChI=1S/C25H22ClN3O3S.CO2/c1-15-23(28-25(31)32-16(2)20-5-3-4-6-21(20)26)22(33-29-15)14-9-17-7-12-19(13-8-17)27-24(30)18-10-11-18;2-1-3/h3-8,12-13,16,18H,10-11H2,1-2H3,(H,27,30)(H,28,31);. The summed E-state index contributed by atoms with van der Waals surface area (Å²) < 4.78 is 9.79. The Bertz CT molecular complexity index is 1330. The van der Waals surface area contributed by atoms with Crippen LogP contribution in [0.3, 0.4) is 0 Å². The molecule has 1 unspecified atom stereocenters. The summed E-state index contributed by atoms with van der Waals surface area (Å²) in [6.07, 6.45) is 1.06.